The van der Waals surface area contributed by atoms with Gasteiger partial charge in [-0.15, -0.1) is 0 Å². The number of nitrogens with one attached hydrogen (secondary N) is 1. The van der Waals surface area contributed by atoms with Crippen LogP contribution in [0.2, 0.25) is 0 Å². The van der Waals surface area contributed by atoms with Gasteiger partial charge in [-0.3, -0.25) is 0 Å². The molecule has 3 aromatic carbocycles. The third kappa shape index (κ3) is 4.27. The number of hydrogen-bond acceptors (Lipinski definition) is 3. The largest absolute Gasteiger partial charge is 0.489 e. The highest BCUT2D eigenvalue weighted by molar-refractivity contribution is 5.74. The number of aromatic amines is 1. The first-order valence-corrected chi connectivity index (χ1v) is 9.37. The molecule has 0 bridgehead atoms. The highest BCUT2D eigenvalue weighted by atomic mass is 19.1. The quantitative estimate of drug-likeness (QED) is 0.447. The number of ether oxygens (including phenoxy) is 2. The normalized spacial score (nSPS) is 12.2. The van der Waals surface area contributed by atoms with Crippen LogP contribution in [0.5, 0.6) is 5.75 Å². The first-order chi connectivity index (χ1) is 14.1. The zero-order valence-electron chi connectivity index (χ0n) is 15.9. The van der Waals surface area contributed by atoms with E-state index < -0.39 is 11.6 Å². The van der Waals surface area contributed by atoms with Gasteiger partial charge in [-0.25, -0.2) is 13.8 Å². The zero-order chi connectivity index (χ0) is 20.2. The van der Waals surface area contributed by atoms with Gasteiger partial charge in [0.15, 0.2) is 0 Å². The summed E-state index contributed by atoms with van der Waals surface area (Å²) in [6, 6.07) is 18.4. The van der Waals surface area contributed by atoms with Crippen LogP contribution in [0.1, 0.15) is 30.0 Å². The Labute approximate surface area is 167 Å². The SMILES string of the molecule is CCOC(c1ccc(OCc2cc(F)ccc2F)cc1)c1nc2ccccc2[nH]1. The summed E-state index contributed by atoms with van der Waals surface area (Å²) in [4.78, 5) is 7.94. The lowest BCUT2D eigenvalue weighted by Gasteiger charge is -2.16. The Balaban J connectivity index is 1.52. The maximum atomic E-state index is 13.7. The van der Waals surface area contributed by atoms with Gasteiger partial charge in [0.25, 0.3) is 0 Å². The minimum absolute atomic E-state index is 0.0542. The zero-order valence-corrected chi connectivity index (χ0v) is 15.9. The summed E-state index contributed by atoms with van der Waals surface area (Å²) < 4.78 is 38.5. The molecule has 29 heavy (non-hydrogen) atoms. The smallest absolute Gasteiger partial charge is 0.141 e. The van der Waals surface area contributed by atoms with E-state index in [9.17, 15) is 8.78 Å². The maximum absolute atomic E-state index is 13.7. The minimum atomic E-state index is -0.496. The predicted octanol–water partition coefficient (Wildman–Crippen LogP) is 5.55. The number of aromatic nitrogens is 2. The molecule has 1 atom stereocenters. The number of rotatable bonds is 7. The second-order valence-corrected chi connectivity index (χ2v) is 6.57. The number of halogens is 2. The van der Waals surface area contributed by atoms with Crippen molar-refractivity contribution in [2.45, 2.75) is 19.6 Å². The Morgan fingerprint density at radius 1 is 1.00 bits per heavy atom. The third-order valence-electron chi connectivity index (χ3n) is 4.57. The van der Waals surface area contributed by atoms with Crippen LogP contribution in [-0.2, 0) is 11.3 Å². The predicted molar refractivity (Wildman–Crippen MR) is 107 cm³/mol. The average molecular weight is 394 g/mol. The highest BCUT2D eigenvalue weighted by Gasteiger charge is 2.18. The summed E-state index contributed by atoms with van der Waals surface area (Å²) in [6.07, 6.45) is -0.345. The van der Waals surface area contributed by atoms with Crippen molar-refractivity contribution < 1.29 is 18.3 Å². The van der Waals surface area contributed by atoms with Crippen LogP contribution < -0.4 is 4.74 Å². The molecule has 1 unspecified atom stereocenters. The van der Waals surface area contributed by atoms with E-state index in [0.717, 1.165) is 40.6 Å². The molecule has 0 aliphatic carbocycles. The Bertz CT molecular complexity index is 1080. The van der Waals surface area contributed by atoms with E-state index in [1.54, 1.807) is 12.1 Å². The van der Waals surface area contributed by atoms with Gasteiger partial charge >= 0.3 is 0 Å². The summed E-state index contributed by atoms with van der Waals surface area (Å²) in [5, 5.41) is 0. The van der Waals surface area contributed by atoms with Crippen LogP contribution in [0.4, 0.5) is 8.78 Å². The van der Waals surface area contributed by atoms with Gasteiger partial charge in [0.2, 0.25) is 0 Å². The summed E-state index contributed by atoms with van der Waals surface area (Å²) in [6.45, 7) is 2.40. The van der Waals surface area contributed by atoms with Gasteiger partial charge in [0, 0.05) is 12.2 Å². The number of para-hydroxylation sites is 2. The fourth-order valence-electron chi connectivity index (χ4n) is 3.15. The Hall–Kier alpha value is -3.25. The summed E-state index contributed by atoms with van der Waals surface area (Å²) in [7, 11) is 0. The first kappa shape index (κ1) is 19.1. The van der Waals surface area contributed by atoms with Crippen LogP contribution in [-0.4, -0.2) is 16.6 Å². The van der Waals surface area contributed by atoms with Crippen molar-refractivity contribution in [3.05, 3.63) is 95.3 Å². The minimum Gasteiger partial charge on any atom is -0.489 e. The number of fused-ring (bicyclic) bond motifs is 1. The first-order valence-electron chi connectivity index (χ1n) is 9.37. The number of hydrogen-bond donors (Lipinski definition) is 1. The molecule has 6 heteroatoms. The lowest BCUT2D eigenvalue weighted by Crippen LogP contribution is -2.08. The Kier molecular flexibility index (Phi) is 5.53. The molecule has 1 N–H and O–H groups in total. The van der Waals surface area contributed by atoms with Crippen molar-refractivity contribution in [2.24, 2.45) is 0 Å². The number of imidazole rings is 1. The number of benzene rings is 3. The molecule has 4 aromatic rings. The highest BCUT2D eigenvalue weighted by Crippen LogP contribution is 2.28. The fourth-order valence-corrected chi connectivity index (χ4v) is 3.15. The van der Waals surface area contributed by atoms with E-state index in [0.29, 0.717) is 12.4 Å². The van der Waals surface area contributed by atoms with Crippen LogP contribution in [0.15, 0.2) is 66.7 Å². The monoisotopic (exact) mass is 394 g/mol. The van der Waals surface area contributed by atoms with Crippen LogP contribution in [0.3, 0.4) is 0 Å². The van der Waals surface area contributed by atoms with Gasteiger partial charge in [-0.05, 0) is 55.0 Å². The van der Waals surface area contributed by atoms with Crippen molar-refractivity contribution in [3.63, 3.8) is 0 Å². The van der Waals surface area contributed by atoms with Crippen molar-refractivity contribution in [1.29, 1.82) is 0 Å². The van der Waals surface area contributed by atoms with Crippen molar-refractivity contribution in [3.8, 4) is 5.75 Å². The molecule has 0 fully saturated rings. The van der Waals surface area contributed by atoms with Crippen LogP contribution in [0, 0.1) is 11.6 Å². The van der Waals surface area contributed by atoms with E-state index in [4.69, 9.17) is 9.47 Å². The third-order valence-corrected chi connectivity index (χ3v) is 4.57. The fraction of sp³-hybridized carbons (Fsp3) is 0.174. The van der Waals surface area contributed by atoms with E-state index in [-0.39, 0.29) is 18.3 Å². The second kappa shape index (κ2) is 8.41. The molecular formula is C23H20F2N2O2. The van der Waals surface area contributed by atoms with E-state index in [1.165, 1.54) is 0 Å². The molecule has 0 aliphatic rings. The molecule has 0 saturated carbocycles. The van der Waals surface area contributed by atoms with Crippen molar-refractivity contribution in [1.82, 2.24) is 9.97 Å². The molecule has 0 radical (unpaired) electrons. The molecule has 4 nitrogen and oxygen atoms in total. The number of H-pyrrole nitrogens is 1. The van der Waals surface area contributed by atoms with Crippen LogP contribution in [0.25, 0.3) is 11.0 Å². The standard InChI is InChI=1S/C23H20F2N2O2/c1-2-28-22(23-26-20-5-3-4-6-21(20)27-23)15-7-10-18(11-8-15)29-14-16-13-17(24)9-12-19(16)25/h3-13,22H,2,14H2,1H3,(H,26,27). The molecule has 4 rings (SSSR count). The molecule has 0 saturated heterocycles. The maximum Gasteiger partial charge on any atom is 0.141 e. The molecule has 1 aromatic heterocycles. The molecule has 0 spiro atoms. The van der Waals surface area contributed by atoms with E-state index >= 15 is 0 Å². The molecule has 1 heterocycles. The molecular weight excluding hydrogens is 374 g/mol. The van der Waals surface area contributed by atoms with Crippen molar-refractivity contribution in [2.75, 3.05) is 6.61 Å². The average Bonchev–Trinajstić information content (AvgIpc) is 3.17. The van der Waals surface area contributed by atoms with Gasteiger partial charge in [0.1, 0.15) is 35.9 Å². The number of nitrogens with zero attached hydrogens (tertiary/aromatic N) is 1. The topological polar surface area (TPSA) is 47.1 Å². The Morgan fingerprint density at radius 2 is 1.79 bits per heavy atom. The van der Waals surface area contributed by atoms with Crippen molar-refractivity contribution >= 4 is 11.0 Å². The molecule has 0 amide bonds. The summed E-state index contributed by atoms with van der Waals surface area (Å²) in [5.41, 5.74) is 2.91. The van der Waals surface area contributed by atoms with Gasteiger partial charge < -0.3 is 14.5 Å². The van der Waals surface area contributed by atoms with E-state index in [2.05, 4.69) is 9.97 Å². The summed E-state index contributed by atoms with van der Waals surface area (Å²) in [5.74, 6) is 0.288. The lowest BCUT2D eigenvalue weighted by atomic mass is 10.1. The van der Waals surface area contributed by atoms with Crippen LogP contribution >= 0.6 is 0 Å². The summed E-state index contributed by atoms with van der Waals surface area (Å²) >= 11 is 0. The van der Waals surface area contributed by atoms with Gasteiger partial charge in [-0.1, -0.05) is 24.3 Å². The van der Waals surface area contributed by atoms with E-state index in [1.807, 2.05) is 43.3 Å². The lowest BCUT2D eigenvalue weighted by molar-refractivity contribution is 0.0859. The van der Waals surface area contributed by atoms with Gasteiger partial charge in [0.05, 0.1) is 11.0 Å². The second-order valence-electron chi connectivity index (χ2n) is 6.57. The molecule has 0 aliphatic heterocycles. The van der Waals surface area contributed by atoms with Gasteiger partial charge in [-0.2, -0.15) is 0 Å². The molecule has 148 valence electrons. The Morgan fingerprint density at radius 3 is 2.55 bits per heavy atom.